The normalized spacial score (nSPS) is 14.7. The summed E-state index contributed by atoms with van der Waals surface area (Å²) in [5.41, 5.74) is 1.83. The molecule has 1 aromatic carbocycles. The van der Waals surface area contributed by atoms with Crippen LogP contribution in [0.25, 0.3) is 11.0 Å². The van der Waals surface area contributed by atoms with Crippen molar-refractivity contribution >= 4 is 23.0 Å². The molecule has 7 nitrogen and oxygen atoms in total. The molecule has 0 unspecified atom stereocenters. The second-order valence-corrected chi connectivity index (χ2v) is 9.87. The third-order valence-corrected chi connectivity index (χ3v) is 5.48. The lowest BCUT2D eigenvalue weighted by Crippen LogP contribution is -2.45. The Kier molecular flexibility index (Phi) is 6.96. The average molecular weight is 444 g/mol. The van der Waals surface area contributed by atoms with Crippen molar-refractivity contribution in [3.8, 4) is 5.75 Å². The van der Waals surface area contributed by atoms with E-state index in [9.17, 15) is 14.4 Å². The van der Waals surface area contributed by atoms with Gasteiger partial charge >= 0.3 is 17.7 Å². The first-order valence-corrected chi connectivity index (χ1v) is 11.3. The summed E-state index contributed by atoms with van der Waals surface area (Å²) in [5, 5.41) is 3.51. The molecule has 1 aromatic heterocycles. The molecule has 0 saturated heterocycles. The van der Waals surface area contributed by atoms with Gasteiger partial charge in [0.05, 0.1) is 0 Å². The molecule has 32 heavy (non-hydrogen) atoms. The van der Waals surface area contributed by atoms with Gasteiger partial charge in [0, 0.05) is 16.5 Å². The molecule has 0 spiro atoms. The Morgan fingerprint density at radius 1 is 1.12 bits per heavy atom. The van der Waals surface area contributed by atoms with Crippen molar-refractivity contribution in [2.45, 2.75) is 85.3 Å². The SMILES string of the molecule is Cc1c(OC(=O)[C@H](CC(C)C)NC(=O)OC(C)(C)C)ccc2c3c(c(=O)oc12)CCCC3. The molecule has 1 amide bonds. The number of alkyl carbamates (subject to hydrolysis) is 1. The average Bonchev–Trinajstić information content (AvgIpc) is 2.68. The van der Waals surface area contributed by atoms with E-state index in [4.69, 9.17) is 13.9 Å². The van der Waals surface area contributed by atoms with Crippen molar-refractivity contribution in [1.82, 2.24) is 5.32 Å². The quantitative estimate of drug-likeness (QED) is 0.404. The van der Waals surface area contributed by atoms with Crippen LogP contribution in [0.15, 0.2) is 21.3 Å². The number of carbonyl (C=O) groups excluding carboxylic acids is 2. The van der Waals surface area contributed by atoms with Gasteiger partial charge in [0.1, 0.15) is 23.0 Å². The van der Waals surface area contributed by atoms with E-state index in [1.165, 1.54) is 0 Å². The van der Waals surface area contributed by atoms with Crippen molar-refractivity contribution in [1.29, 1.82) is 0 Å². The zero-order valence-corrected chi connectivity index (χ0v) is 19.8. The van der Waals surface area contributed by atoms with Crippen LogP contribution in [0.3, 0.4) is 0 Å². The largest absolute Gasteiger partial charge is 0.444 e. The fourth-order valence-electron chi connectivity index (χ4n) is 4.05. The Morgan fingerprint density at radius 3 is 2.41 bits per heavy atom. The molecule has 0 fully saturated rings. The molecule has 2 aromatic rings. The van der Waals surface area contributed by atoms with E-state index >= 15 is 0 Å². The minimum atomic E-state index is -0.865. The van der Waals surface area contributed by atoms with Crippen molar-refractivity contribution in [3.05, 3.63) is 39.2 Å². The summed E-state index contributed by atoms with van der Waals surface area (Å²) in [5.74, 6) is -0.141. The summed E-state index contributed by atoms with van der Waals surface area (Å²) in [6, 6.07) is 2.71. The summed E-state index contributed by atoms with van der Waals surface area (Å²) >= 11 is 0. The van der Waals surface area contributed by atoms with Crippen LogP contribution in [0.5, 0.6) is 5.75 Å². The highest BCUT2D eigenvalue weighted by Crippen LogP contribution is 2.32. The monoisotopic (exact) mass is 443 g/mol. The van der Waals surface area contributed by atoms with E-state index in [1.807, 2.05) is 19.9 Å². The number of benzene rings is 1. The second kappa shape index (κ2) is 9.35. The zero-order valence-electron chi connectivity index (χ0n) is 19.8. The van der Waals surface area contributed by atoms with E-state index < -0.39 is 23.7 Å². The molecule has 0 bridgehead atoms. The fraction of sp³-hybridized carbons (Fsp3) is 0.560. The Balaban J connectivity index is 1.87. The number of esters is 1. The van der Waals surface area contributed by atoms with Crippen LogP contribution in [-0.4, -0.2) is 23.7 Å². The lowest BCUT2D eigenvalue weighted by Gasteiger charge is -2.24. The van der Waals surface area contributed by atoms with Crippen molar-refractivity contribution < 1.29 is 23.5 Å². The summed E-state index contributed by atoms with van der Waals surface area (Å²) in [6.07, 6.45) is 3.32. The third-order valence-electron chi connectivity index (χ3n) is 5.48. The van der Waals surface area contributed by atoms with E-state index in [2.05, 4.69) is 5.32 Å². The first-order chi connectivity index (χ1) is 15.0. The summed E-state index contributed by atoms with van der Waals surface area (Å²) in [4.78, 5) is 37.7. The Hall–Kier alpha value is -2.83. The van der Waals surface area contributed by atoms with Crippen LogP contribution in [0.1, 0.15) is 70.6 Å². The van der Waals surface area contributed by atoms with Crippen molar-refractivity contribution in [2.75, 3.05) is 0 Å². The van der Waals surface area contributed by atoms with Gasteiger partial charge in [-0.2, -0.15) is 0 Å². The van der Waals surface area contributed by atoms with E-state index in [0.717, 1.165) is 42.2 Å². The molecule has 3 rings (SSSR count). The molecule has 1 aliphatic rings. The second-order valence-electron chi connectivity index (χ2n) is 9.87. The van der Waals surface area contributed by atoms with E-state index in [-0.39, 0.29) is 11.5 Å². The Morgan fingerprint density at radius 2 is 1.78 bits per heavy atom. The minimum Gasteiger partial charge on any atom is -0.444 e. The summed E-state index contributed by atoms with van der Waals surface area (Å²) in [7, 11) is 0. The molecule has 1 heterocycles. The van der Waals surface area contributed by atoms with E-state index in [0.29, 0.717) is 23.3 Å². The maximum Gasteiger partial charge on any atom is 0.408 e. The summed E-state index contributed by atoms with van der Waals surface area (Å²) < 4.78 is 16.6. The van der Waals surface area contributed by atoms with Crippen LogP contribution in [0, 0.1) is 12.8 Å². The van der Waals surface area contributed by atoms with Crippen LogP contribution >= 0.6 is 0 Å². The number of nitrogens with one attached hydrogen (secondary N) is 1. The van der Waals surface area contributed by atoms with Gasteiger partial charge in [0.15, 0.2) is 0 Å². The molecule has 1 atom stereocenters. The van der Waals surface area contributed by atoms with Gasteiger partial charge in [-0.05, 0) is 83.4 Å². The maximum absolute atomic E-state index is 13.0. The van der Waals surface area contributed by atoms with Gasteiger partial charge in [-0.1, -0.05) is 13.8 Å². The number of hydrogen-bond acceptors (Lipinski definition) is 6. The Bertz CT molecular complexity index is 1080. The molecule has 1 N–H and O–H groups in total. The number of carbonyl (C=O) groups is 2. The number of rotatable bonds is 5. The number of amides is 1. The molecule has 1 aliphatic carbocycles. The number of hydrogen-bond donors (Lipinski definition) is 1. The number of aryl methyl sites for hydroxylation is 2. The number of fused-ring (bicyclic) bond motifs is 3. The molecular formula is C25H33NO6. The Labute approximate surface area is 188 Å². The molecule has 0 saturated carbocycles. The molecular weight excluding hydrogens is 410 g/mol. The minimum absolute atomic E-state index is 0.143. The fourth-order valence-corrected chi connectivity index (χ4v) is 4.05. The lowest BCUT2D eigenvalue weighted by atomic mass is 9.90. The van der Waals surface area contributed by atoms with Crippen LogP contribution < -0.4 is 15.7 Å². The van der Waals surface area contributed by atoms with Crippen molar-refractivity contribution in [2.24, 2.45) is 5.92 Å². The molecule has 7 heteroatoms. The van der Waals surface area contributed by atoms with Gasteiger partial charge in [-0.3, -0.25) is 0 Å². The first-order valence-electron chi connectivity index (χ1n) is 11.3. The third kappa shape index (κ3) is 5.50. The molecule has 174 valence electrons. The lowest BCUT2D eigenvalue weighted by molar-refractivity contribution is -0.137. The van der Waals surface area contributed by atoms with Gasteiger partial charge in [-0.25, -0.2) is 14.4 Å². The summed E-state index contributed by atoms with van der Waals surface area (Å²) in [6.45, 7) is 10.9. The van der Waals surface area contributed by atoms with Gasteiger partial charge < -0.3 is 19.2 Å². The predicted octanol–water partition coefficient (Wildman–Crippen LogP) is 4.83. The molecule has 0 aliphatic heterocycles. The topological polar surface area (TPSA) is 94.8 Å². The predicted molar refractivity (Wildman–Crippen MR) is 122 cm³/mol. The standard InChI is InChI=1S/C25H33NO6/c1-14(2)13-19(26-24(29)32-25(4,5)6)23(28)30-20-12-11-17-16-9-7-8-10-18(16)22(27)31-21(17)15(20)3/h11-12,14,19H,7-10,13H2,1-6H3,(H,26,29)/t19-/m0/s1. The van der Waals surface area contributed by atoms with Gasteiger partial charge in [0.2, 0.25) is 0 Å². The van der Waals surface area contributed by atoms with Crippen LogP contribution in [0.2, 0.25) is 0 Å². The smallest absolute Gasteiger partial charge is 0.408 e. The number of ether oxygens (including phenoxy) is 2. The highest BCUT2D eigenvalue weighted by atomic mass is 16.6. The van der Waals surface area contributed by atoms with Crippen molar-refractivity contribution in [3.63, 3.8) is 0 Å². The molecule has 0 radical (unpaired) electrons. The highest BCUT2D eigenvalue weighted by Gasteiger charge is 2.28. The van der Waals surface area contributed by atoms with E-state index in [1.54, 1.807) is 33.8 Å². The van der Waals surface area contributed by atoms with Gasteiger partial charge in [-0.15, -0.1) is 0 Å². The van der Waals surface area contributed by atoms with Crippen LogP contribution in [-0.2, 0) is 22.4 Å². The first kappa shape index (κ1) is 23.8. The van der Waals surface area contributed by atoms with Crippen LogP contribution in [0.4, 0.5) is 4.79 Å². The highest BCUT2D eigenvalue weighted by molar-refractivity contribution is 5.88. The zero-order chi connectivity index (χ0) is 23.6. The maximum atomic E-state index is 13.0. The van der Waals surface area contributed by atoms with Gasteiger partial charge in [0.25, 0.3) is 0 Å².